The van der Waals surface area contributed by atoms with Gasteiger partial charge in [0.25, 0.3) is 0 Å². The molecule has 1 aliphatic heterocycles. The van der Waals surface area contributed by atoms with Crippen LogP contribution in [0.4, 0.5) is 0 Å². The third kappa shape index (κ3) is 6.37. The zero-order valence-electron chi connectivity index (χ0n) is 18.2. The van der Waals surface area contributed by atoms with Gasteiger partial charge in [-0.2, -0.15) is 5.26 Å². The van der Waals surface area contributed by atoms with E-state index < -0.39 is 0 Å². The number of amides is 1. The Morgan fingerprint density at radius 2 is 1.74 bits per heavy atom. The van der Waals surface area contributed by atoms with E-state index in [4.69, 9.17) is 19.5 Å². The second kappa shape index (κ2) is 11.2. The van der Waals surface area contributed by atoms with Crippen molar-refractivity contribution in [1.29, 1.82) is 5.26 Å². The van der Waals surface area contributed by atoms with Gasteiger partial charge in [-0.05, 0) is 36.2 Å². The third-order valence-electron chi connectivity index (χ3n) is 5.38. The molecule has 2 aromatic rings. The Hall–Kier alpha value is -3.24. The van der Waals surface area contributed by atoms with E-state index in [2.05, 4.69) is 23.1 Å². The molecule has 31 heavy (non-hydrogen) atoms. The van der Waals surface area contributed by atoms with Crippen LogP contribution in [0.25, 0.3) is 0 Å². The number of nitrogens with zero attached hydrogens (tertiary/aromatic N) is 3. The van der Waals surface area contributed by atoms with Crippen LogP contribution >= 0.6 is 0 Å². The van der Waals surface area contributed by atoms with Gasteiger partial charge in [0.05, 0.1) is 32.5 Å². The van der Waals surface area contributed by atoms with E-state index in [9.17, 15) is 4.79 Å². The molecule has 7 heteroatoms. The van der Waals surface area contributed by atoms with Gasteiger partial charge in [-0.15, -0.1) is 0 Å². The van der Waals surface area contributed by atoms with Crippen LogP contribution in [-0.4, -0.2) is 62.7 Å². The smallest absolute Gasteiger partial charge is 0.222 e. The molecule has 1 aliphatic rings. The first kappa shape index (κ1) is 22.4. The second-order valence-electron chi connectivity index (χ2n) is 7.43. The number of hydrogen-bond donors (Lipinski definition) is 0. The fourth-order valence-electron chi connectivity index (χ4n) is 3.56. The number of carbonyl (C=O) groups excluding carboxylic acids is 1. The molecule has 0 unspecified atom stereocenters. The molecule has 0 aromatic heterocycles. The summed E-state index contributed by atoms with van der Waals surface area (Å²) >= 11 is 0. The molecule has 1 heterocycles. The lowest BCUT2D eigenvalue weighted by Gasteiger charge is -2.34. The van der Waals surface area contributed by atoms with E-state index in [-0.39, 0.29) is 5.91 Å². The highest BCUT2D eigenvalue weighted by Gasteiger charge is 2.20. The van der Waals surface area contributed by atoms with Gasteiger partial charge in [0.1, 0.15) is 5.75 Å². The number of nitriles is 1. The van der Waals surface area contributed by atoms with Crippen molar-refractivity contribution >= 4 is 5.91 Å². The van der Waals surface area contributed by atoms with E-state index in [0.29, 0.717) is 36.5 Å². The zero-order valence-corrected chi connectivity index (χ0v) is 18.2. The van der Waals surface area contributed by atoms with Gasteiger partial charge in [-0.1, -0.05) is 12.1 Å². The largest absolute Gasteiger partial charge is 0.497 e. The van der Waals surface area contributed by atoms with Gasteiger partial charge in [0.2, 0.25) is 5.91 Å². The molecular formula is C24H29N3O4. The Balaban J connectivity index is 1.37. The van der Waals surface area contributed by atoms with E-state index in [1.807, 2.05) is 17.0 Å². The predicted octanol–water partition coefficient (Wildman–Crippen LogP) is 3.08. The summed E-state index contributed by atoms with van der Waals surface area (Å²) in [7, 11) is 3.21. The zero-order chi connectivity index (χ0) is 22.1. The monoisotopic (exact) mass is 423 g/mol. The van der Waals surface area contributed by atoms with Crippen molar-refractivity contribution in [2.45, 2.75) is 19.4 Å². The Morgan fingerprint density at radius 3 is 2.39 bits per heavy atom. The second-order valence-corrected chi connectivity index (χ2v) is 7.43. The fraction of sp³-hybridized carbons (Fsp3) is 0.417. The Bertz CT molecular complexity index is 900. The quantitative estimate of drug-likeness (QED) is 0.577. The van der Waals surface area contributed by atoms with Crippen LogP contribution in [0.3, 0.4) is 0 Å². The maximum atomic E-state index is 12.5. The molecule has 1 fully saturated rings. The summed E-state index contributed by atoms with van der Waals surface area (Å²) in [5.74, 6) is 2.14. The topological polar surface area (TPSA) is 75.0 Å². The Labute approximate surface area is 183 Å². The summed E-state index contributed by atoms with van der Waals surface area (Å²) in [5.41, 5.74) is 1.77. The molecule has 164 valence electrons. The minimum Gasteiger partial charge on any atom is -0.497 e. The molecular weight excluding hydrogens is 394 g/mol. The summed E-state index contributed by atoms with van der Waals surface area (Å²) in [4.78, 5) is 16.8. The lowest BCUT2D eigenvalue weighted by atomic mass is 10.2. The Morgan fingerprint density at radius 1 is 1.00 bits per heavy atom. The van der Waals surface area contributed by atoms with Gasteiger partial charge >= 0.3 is 0 Å². The molecule has 0 saturated carbocycles. The fourth-order valence-corrected chi connectivity index (χ4v) is 3.56. The van der Waals surface area contributed by atoms with E-state index in [0.717, 1.165) is 38.5 Å². The first-order valence-electron chi connectivity index (χ1n) is 10.5. The van der Waals surface area contributed by atoms with Crippen LogP contribution in [0.2, 0.25) is 0 Å². The summed E-state index contributed by atoms with van der Waals surface area (Å²) < 4.78 is 16.2. The number of piperazine rings is 1. The molecule has 0 aliphatic carbocycles. The Kier molecular flexibility index (Phi) is 8.13. The maximum absolute atomic E-state index is 12.5. The molecule has 0 spiro atoms. The normalized spacial score (nSPS) is 14.0. The first-order valence-corrected chi connectivity index (χ1v) is 10.5. The molecule has 0 atom stereocenters. The standard InChI is InChI=1S/C24H29N3O4/c1-29-21-8-5-19(6-9-21)18-26-11-13-27(14-12-26)24(28)4-3-15-31-22-10-7-20(17-25)16-23(22)30-2/h5-10,16H,3-4,11-15,18H2,1-2H3. The minimum absolute atomic E-state index is 0.166. The van der Waals surface area contributed by atoms with Crippen LogP contribution in [0.5, 0.6) is 17.2 Å². The summed E-state index contributed by atoms with van der Waals surface area (Å²) in [6, 6.07) is 15.3. The molecule has 0 N–H and O–H groups in total. The SMILES string of the molecule is COc1ccc(CN2CCN(C(=O)CCCOc3ccc(C#N)cc3OC)CC2)cc1. The lowest BCUT2D eigenvalue weighted by Crippen LogP contribution is -2.48. The van der Waals surface area contributed by atoms with Gasteiger partial charge in [-0.3, -0.25) is 9.69 Å². The maximum Gasteiger partial charge on any atom is 0.222 e. The molecule has 1 saturated heterocycles. The van der Waals surface area contributed by atoms with Gasteiger partial charge < -0.3 is 19.1 Å². The van der Waals surface area contributed by atoms with Crippen molar-refractivity contribution in [3.8, 4) is 23.3 Å². The van der Waals surface area contributed by atoms with Crippen molar-refractivity contribution in [3.63, 3.8) is 0 Å². The summed E-state index contributed by atoms with van der Waals surface area (Å²) in [6.45, 7) is 4.55. The van der Waals surface area contributed by atoms with Crippen LogP contribution in [0.1, 0.15) is 24.0 Å². The average molecular weight is 424 g/mol. The molecule has 0 radical (unpaired) electrons. The van der Waals surface area contributed by atoms with E-state index >= 15 is 0 Å². The van der Waals surface area contributed by atoms with Crippen LogP contribution in [0.15, 0.2) is 42.5 Å². The van der Waals surface area contributed by atoms with Crippen molar-refractivity contribution in [1.82, 2.24) is 9.80 Å². The predicted molar refractivity (Wildman–Crippen MR) is 117 cm³/mol. The highest BCUT2D eigenvalue weighted by atomic mass is 16.5. The lowest BCUT2D eigenvalue weighted by molar-refractivity contribution is -0.133. The highest BCUT2D eigenvalue weighted by molar-refractivity contribution is 5.76. The number of ether oxygens (including phenoxy) is 3. The number of rotatable bonds is 9. The van der Waals surface area contributed by atoms with E-state index in [1.54, 1.807) is 32.4 Å². The molecule has 1 amide bonds. The van der Waals surface area contributed by atoms with Crippen LogP contribution in [0, 0.1) is 11.3 Å². The number of benzene rings is 2. The highest BCUT2D eigenvalue weighted by Crippen LogP contribution is 2.28. The van der Waals surface area contributed by atoms with Crippen LogP contribution in [-0.2, 0) is 11.3 Å². The van der Waals surface area contributed by atoms with Gasteiger partial charge in [0, 0.05) is 45.2 Å². The van der Waals surface area contributed by atoms with E-state index in [1.165, 1.54) is 5.56 Å². The minimum atomic E-state index is 0.166. The molecule has 0 bridgehead atoms. The van der Waals surface area contributed by atoms with Gasteiger partial charge in [0.15, 0.2) is 11.5 Å². The number of methoxy groups -OCH3 is 2. The first-order chi connectivity index (χ1) is 15.1. The van der Waals surface area contributed by atoms with Crippen molar-refractivity contribution < 1.29 is 19.0 Å². The van der Waals surface area contributed by atoms with Crippen molar-refractivity contribution in [2.75, 3.05) is 47.0 Å². The van der Waals surface area contributed by atoms with Crippen molar-refractivity contribution in [3.05, 3.63) is 53.6 Å². The van der Waals surface area contributed by atoms with Crippen LogP contribution < -0.4 is 14.2 Å². The molecule has 2 aromatic carbocycles. The molecule has 7 nitrogen and oxygen atoms in total. The van der Waals surface area contributed by atoms with Crippen molar-refractivity contribution in [2.24, 2.45) is 0 Å². The molecule has 3 rings (SSSR count). The number of carbonyl (C=O) groups is 1. The number of hydrogen-bond acceptors (Lipinski definition) is 6. The third-order valence-corrected chi connectivity index (χ3v) is 5.38. The van der Waals surface area contributed by atoms with Gasteiger partial charge in [-0.25, -0.2) is 0 Å². The average Bonchev–Trinajstić information content (AvgIpc) is 2.82. The summed E-state index contributed by atoms with van der Waals surface area (Å²) in [6.07, 6.45) is 1.09. The summed E-state index contributed by atoms with van der Waals surface area (Å²) in [5, 5.41) is 8.96.